The smallest absolute Gasteiger partial charge is 0.144 e. The molecule has 0 aliphatic carbocycles. The summed E-state index contributed by atoms with van der Waals surface area (Å²) in [5.74, 6) is 1.63. The number of ether oxygens (including phenoxy) is 3. The maximum Gasteiger partial charge on any atom is 0.144 e. The zero-order valence-electron chi connectivity index (χ0n) is 23.0. The minimum Gasteiger partial charge on any atom is -0.497 e. The highest BCUT2D eigenvalue weighted by Gasteiger charge is 2.39. The van der Waals surface area contributed by atoms with Crippen LogP contribution in [0.5, 0.6) is 11.5 Å². The Morgan fingerprint density at radius 2 is 1.08 bits per heavy atom. The molecule has 0 aromatic heterocycles. The number of unbranched alkanes of at least 4 members (excludes halogenated alkanes) is 7. The van der Waals surface area contributed by atoms with Crippen LogP contribution in [0.4, 0.5) is 0 Å². The maximum atomic E-state index is 7.15. The predicted octanol–water partition coefficient (Wildman–Crippen LogP) is 7.87. The van der Waals surface area contributed by atoms with Crippen molar-refractivity contribution in [3.8, 4) is 11.5 Å². The van der Waals surface area contributed by atoms with Crippen molar-refractivity contribution >= 4 is 0 Å². The molecule has 4 nitrogen and oxygen atoms in total. The first-order valence-electron chi connectivity index (χ1n) is 13.9. The molecule has 3 rings (SSSR count). The van der Waals surface area contributed by atoms with E-state index in [1.54, 1.807) is 14.2 Å². The Balaban J connectivity index is 1.91. The summed E-state index contributed by atoms with van der Waals surface area (Å²) >= 11 is 0. The van der Waals surface area contributed by atoms with Gasteiger partial charge in [0.05, 0.1) is 20.3 Å². The van der Waals surface area contributed by atoms with Gasteiger partial charge in [0.15, 0.2) is 0 Å². The minimum atomic E-state index is -0.815. The Kier molecular flexibility index (Phi) is 12.0. The lowest BCUT2D eigenvalue weighted by atomic mass is 9.79. The summed E-state index contributed by atoms with van der Waals surface area (Å²) in [6.07, 6.45) is 11.1. The molecule has 200 valence electrons. The molecule has 3 aromatic carbocycles. The van der Waals surface area contributed by atoms with Crippen LogP contribution >= 0.6 is 0 Å². The maximum absolute atomic E-state index is 7.15. The van der Waals surface area contributed by atoms with E-state index in [1.807, 2.05) is 30.3 Å². The van der Waals surface area contributed by atoms with Crippen LogP contribution in [0.25, 0.3) is 0 Å². The zero-order valence-corrected chi connectivity index (χ0v) is 23.0. The van der Waals surface area contributed by atoms with Crippen molar-refractivity contribution in [3.05, 3.63) is 95.6 Å². The van der Waals surface area contributed by atoms with Gasteiger partial charge >= 0.3 is 0 Å². The molecule has 0 heterocycles. The molecule has 1 atom stereocenters. The van der Waals surface area contributed by atoms with Crippen molar-refractivity contribution in [1.82, 2.24) is 0 Å². The van der Waals surface area contributed by atoms with Gasteiger partial charge in [0.1, 0.15) is 17.1 Å². The van der Waals surface area contributed by atoms with Crippen molar-refractivity contribution in [2.45, 2.75) is 76.4 Å². The van der Waals surface area contributed by atoms with Crippen molar-refractivity contribution in [2.24, 2.45) is 5.73 Å². The highest BCUT2D eigenvalue weighted by Crippen LogP contribution is 2.43. The van der Waals surface area contributed by atoms with E-state index in [0.717, 1.165) is 41.0 Å². The monoisotopic (exact) mass is 503 g/mol. The molecule has 2 N–H and O–H groups in total. The fourth-order valence-corrected chi connectivity index (χ4v) is 5.01. The van der Waals surface area contributed by atoms with Gasteiger partial charge in [-0.15, -0.1) is 0 Å². The fourth-order valence-electron chi connectivity index (χ4n) is 5.01. The number of methoxy groups -OCH3 is 2. The van der Waals surface area contributed by atoms with Crippen LogP contribution < -0.4 is 15.2 Å². The summed E-state index contributed by atoms with van der Waals surface area (Å²) in [4.78, 5) is 0. The molecule has 0 aliphatic heterocycles. The highest BCUT2D eigenvalue weighted by atomic mass is 16.5. The van der Waals surface area contributed by atoms with Crippen LogP contribution in [-0.4, -0.2) is 26.9 Å². The first-order valence-corrected chi connectivity index (χ1v) is 13.9. The second-order valence-corrected chi connectivity index (χ2v) is 9.74. The van der Waals surface area contributed by atoms with Gasteiger partial charge in [-0.2, -0.15) is 0 Å². The van der Waals surface area contributed by atoms with Gasteiger partial charge in [0.2, 0.25) is 0 Å². The summed E-state index contributed by atoms with van der Waals surface area (Å²) < 4.78 is 18.1. The van der Waals surface area contributed by atoms with E-state index in [-0.39, 0.29) is 6.10 Å². The number of benzene rings is 3. The molecular formula is C33H45NO3. The molecule has 37 heavy (non-hydrogen) atoms. The van der Waals surface area contributed by atoms with Crippen molar-refractivity contribution in [1.29, 1.82) is 0 Å². The number of hydrogen-bond acceptors (Lipinski definition) is 4. The fraction of sp³-hybridized carbons (Fsp3) is 0.455. The Hall–Kier alpha value is -2.82. The van der Waals surface area contributed by atoms with E-state index in [4.69, 9.17) is 19.9 Å². The molecule has 0 saturated carbocycles. The first kappa shape index (κ1) is 28.7. The van der Waals surface area contributed by atoms with Crippen LogP contribution in [0, 0.1) is 0 Å². The number of hydrogen-bond donors (Lipinski definition) is 1. The van der Waals surface area contributed by atoms with Crippen molar-refractivity contribution in [3.63, 3.8) is 0 Å². The quantitative estimate of drug-likeness (QED) is 0.150. The number of rotatable bonds is 17. The summed E-state index contributed by atoms with van der Waals surface area (Å²) in [5.41, 5.74) is 8.67. The molecular weight excluding hydrogens is 458 g/mol. The molecule has 3 aromatic rings. The molecule has 0 radical (unpaired) electrons. The molecule has 0 amide bonds. The van der Waals surface area contributed by atoms with E-state index in [0.29, 0.717) is 6.54 Å². The topological polar surface area (TPSA) is 53.7 Å². The van der Waals surface area contributed by atoms with Crippen LogP contribution in [-0.2, 0) is 10.3 Å². The van der Waals surface area contributed by atoms with Crippen LogP contribution in [0.1, 0.15) is 81.4 Å². The molecule has 0 aliphatic rings. The average molecular weight is 504 g/mol. The minimum absolute atomic E-state index is 0.0792. The third-order valence-electron chi connectivity index (χ3n) is 7.16. The van der Waals surface area contributed by atoms with E-state index in [1.165, 1.54) is 44.9 Å². The first-order chi connectivity index (χ1) is 18.2. The molecule has 4 heteroatoms. The van der Waals surface area contributed by atoms with Gasteiger partial charge < -0.3 is 19.9 Å². The van der Waals surface area contributed by atoms with Gasteiger partial charge in [-0.25, -0.2) is 0 Å². The van der Waals surface area contributed by atoms with Gasteiger partial charge in [0, 0.05) is 6.54 Å². The van der Waals surface area contributed by atoms with Crippen LogP contribution in [0.3, 0.4) is 0 Å². The van der Waals surface area contributed by atoms with Crippen molar-refractivity contribution < 1.29 is 14.2 Å². The number of nitrogens with two attached hydrogens (primary N) is 1. The van der Waals surface area contributed by atoms with Crippen LogP contribution in [0.2, 0.25) is 0 Å². The van der Waals surface area contributed by atoms with Gasteiger partial charge in [-0.3, -0.25) is 0 Å². The second kappa shape index (κ2) is 15.4. The Bertz CT molecular complexity index is 955. The lowest BCUT2D eigenvalue weighted by Crippen LogP contribution is -2.39. The average Bonchev–Trinajstić information content (AvgIpc) is 2.97. The van der Waals surface area contributed by atoms with Crippen LogP contribution in [0.15, 0.2) is 78.9 Å². The summed E-state index contributed by atoms with van der Waals surface area (Å²) in [6, 6.07) is 26.8. The third kappa shape index (κ3) is 7.83. The van der Waals surface area contributed by atoms with Gasteiger partial charge in [0.25, 0.3) is 0 Å². The molecule has 1 unspecified atom stereocenters. The summed E-state index contributed by atoms with van der Waals surface area (Å²) in [6.45, 7) is 2.73. The van der Waals surface area contributed by atoms with E-state index in [2.05, 4.69) is 55.5 Å². The Morgan fingerprint density at radius 1 is 0.622 bits per heavy atom. The Labute approximate surface area is 224 Å². The second-order valence-electron chi connectivity index (χ2n) is 9.74. The summed E-state index contributed by atoms with van der Waals surface area (Å²) in [5, 5.41) is 0. The molecule has 0 bridgehead atoms. The SMILES string of the molecule is CCCCCCCCCCC(CN)OC(c1ccccc1)(c1ccc(OC)cc1)c1ccc(OC)cc1. The molecule has 0 fully saturated rings. The van der Waals surface area contributed by atoms with Gasteiger partial charge in [-0.1, -0.05) is 113 Å². The third-order valence-corrected chi connectivity index (χ3v) is 7.16. The van der Waals surface area contributed by atoms with E-state index < -0.39 is 5.60 Å². The molecule has 0 saturated heterocycles. The van der Waals surface area contributed by atoms with E-state index in [9.17, 15) is 0 Å². The highest BCUT2D eigenvalue weighted by molar-refractivity contribution is 5.49. The molecule has 0 spiro atoms. The van der Waals surface area contributed by atoms with E-state index >= 15 is 0 Å². The standard InChI is InChI=1S/C33H45NO3/c1-4-5-6-7-8-9-10-14-17-32(26-34)37-33(27-15-12-11-13-16-27,28-18-22-30(35-2)23-19-28)29-20-24-31(36-3)25-21-29/h11-13,15-16,18-25,32H,4-10,14,17,26,34H2,1-3H3. The Morgan fingerprint density at radius 3 is 1.54 bits per heavy atom. The largest absolute Gasteiger partial charge is 0.497 e. The van der Waals surface area contributed by atoms with Crippen molar-refractivity contribution in [2.75, 3.05) is 20.8 Å². The lowest BCUT2D eigenvalue weighted by molar-refractivity contribution is -0.0472. The summed E-state index contributed by atoms with van der Waals surface area (Å²) in [7, 11) is 3.38. The zero-order chi connectivity index (χ0) is 26.3. The lowest BCUT2D eigenvalue weighted by Gasteiger charge is -2.39. The predicted molar refractivity (Wildman–Crippen MR) is 153 cm³/mol. The van der Waals surface area contributed by atoms with Gasteiger partial charge in [-0.05, 0) is 47.4 Å². The normalized spacial score (nSPS) is 12.3.